The number of hydrogen-bond donors (Lipinski definition) is 0. The first-order chi connectivity index (χ1) is 15.0. The van der Waals surface area contributed by atoms with E-state index in [0.29, 0.717) is 6.07 Å². The Kier molecular flexibility index (Phi) is 5.33. The average molecular weight is 459 g/mol. The fourth-order valence-corrected chi connectivity index (χ4v) is 3.83. The lowest BCUT2D eigenvalue weighted by molar-refractivity contribution is -0.141. The Morgan fingerprint density at radius 3 is 2.41 bits per heavy atom. The Bertz CT molecular complexity index is 1490. The van der Waals surface area contributed by atoms with Gasteiger partial charge in [0.2, 0.25) is 15.0 Å². The Balaban J connectivity index is 1.83. The molecule has 0 unspecified atom stereocenters. The summed E-state index contributed by atoms with van der Waals surface area (Å²) < 4.78 is 64.9. The van der Waals surface area contributed by atoms with Gasteiger partial charge in [0.05, 0.1) is 12.2 Å². The number of benzene rings is 2. The van der Waals surface area contributed by atoms with E-state index in [-0.39, 0.29) is 23.4 Å². The van der Waals surface area contributed by atoms with Gasteiger partial charge in [0.1, 0.15) is 5.69 Å². The van der Waals surface area contributed by atoms with Crippen molar-refractivity contribution in [1.29, 1.82) is 0 Å². The van der Waals surface area contributed by atoms with Gasteiger partial charge in [-0.15, -0.1) is 0 Å². The molecule has 0 aliphatic carbocycles. The summed E-state index contributed by atoms with van der Waals surface area (Å²) >= 11 is 0. The summed E-state index contributed by atoms with van der Waals surface area (Å²) in [6.45, 7) is 0.171. The van der Waals surface area contributed by atoms with E-state index in [1.807, 2.05) is 42.5 Å². The molecule has 32 heavy (non-hydrogen) atoms. The van der Waals surface area contributed by atoms with Crippen molar-refractivity contribution in [2.24, 2.45) is 0 Å². The van der Waals surface area contributed by atoms with Crippen LogP contribution in [0.5, 0.6) is 0 Å². The quantitative estimate of drug-likeness (QED) is 0.432. The summed E-state index contributed by atoms with van der Waals surface area (Å²) in [5.41, 5.74) is -0.996. The molecule has 0 aliphatic rings. The minimum atomic E-state index is -4.87. The highest BCUT2D eigenvalue weighted by atomic mass is 32.2. The molecule has 4 aromatic rings. The highest BCUT2D eigenvalue weighted by Gasteiger charge is 2.35. The van der Waals surface area contributed by atoms with Crippen LogP contribution in [-0.2, 0) is 22.6 Å². The van der Waals surface area contributed by atoms with Gasteiger partial charge in [0, 0.05) is 24.1 Å². The molecule has 0 radical (unpaired) electrons. The van der Waals surface area contributed by atoms with Crippen LogP contribution in [-0.4, -0.2) is 29.2 Å². The molecule has 0 amide bonds. The number of sulfone groups is 1. The predicted octanol–water partition coefficient (Wildman–Crippen LogP) is 3.93. The summed E-state index contributed by atoms with van der Waals surface area (Å²) in [7, 11) is -4.10. The second-order valence-corrected chi connectivity index (χ2v) is 9.12. The summed E-state index contributed by atoms with van der Waals surface area (Å²) in [5.74, 6) is 0. The van der Waals surface area contributed by atoms with E-state index >= 15 is 0 Å². The molecule has 6 nitrogen and oxygen atoms in total. The third-order valence-corrected chi connectivity index (χ3v) is 5.67. The van der Waals surface area contributed by atoms with Gasteiger partial charge in [-0.2, -0.15) is 13.2 Å². The molecule has 0 fully saturated rings. The maximum absolute atomic E-state index is 13.3. The summed E-state index contributed by atoms with van der Waals surface area (Å²) in [6.07, 6.45) is -2.78. The van der Waals surface area contributed by atoms with Crippen LogP contribution in [0, 0.1) is 0 Å². The van der Waals surface area contributed by atoms with Gasteiger partial charge in [-0.05, 0) is 28.5 Å². The fourth-order valence-electron chi connectivity index (χ4n) is 3.30. The van der Waals surface area contributed by atoms with Crippen LogP contribution < -0.4 is 5.56 Å². The van der Waals surface area contributed by atoms with Crippen molar-refractivity contribution in [1.82, 2.24) is 14.5 Å². The minimum absolute atomic E-state index is 0.155. The van der Waals surface area contributed by atoms with Crippen LogP contribution in [0.3, 0.4) is 0 Å². The van der Waals surface area contributed by atoms with Gasteiger partial charge >= 0.3 is 6.18 Å². The molecule has 0 aliphatic heterocycles. The van der Waals surface area contributed by atoms with Crippen LogP contribution in [0.4, 0.5) is 13.2 Å². The zero-order valence-corrected chi connectivity index (χ0v) is 17.5. The molecular formula is C22H16F3N3O3S. The molecule has 4 rings (SSSR count). The van der Waals surface area contributed by atoms with Crippen molar-refractivity contribution in [3.8, 4) is 11.3 Å². The maximum Gasteiger partial charge on any atom is 0.433 e. The number of halogens is 3. The van der Waals surface area contributed by atoms with Crippen LogP contribution in [0.25, 0.3) is 22.0 Å². The van der Waals surface area contributed by atoms with Crippen LogP contribution >= 0.6 is 0 Å². The normalized spacial score (nSPS) is 12.2. The smallest absolute Gasteiger partial charge is 0.310 e. The van der Waals surface area contributed by atoms with Crippen molar-refractivity contribution in [3.63, 3.8) is 0 Å². The molecular weight excluding hydrogens is 443 g/mol. The van der Waals surface area contributed by atoms with Gasteiger partial charge in [-0.3, -0.25) is 4.79 Å². The van der Waals surface area contributed by atoms with Crippen LogP contribution in [0.2, 0.25) is 0 Å². The van der Waals surface area contributed by atoms with Crippen molar-refractivity contribution in [2.75, 3.05) is 6.26 Å². The van der Waals surface area contributed by atoms with Crippen molar-refractivity contribution in [2.45, 2.75) is 17.9 Å². The minimum Gasteiger partial charge on any atom is -0.310 e. The second-order valence-electron chi connectivity index (χ2n) is 7.21. The summed E-state index contributed by atoms with van der Waals surface area (Å²) in [5, 5.41) is 0.986. The average Bonchev–Trinajstić information content (AvgIpc) is 2.74. The molecule has 0 N–H and O–H groups in total. The van der Waals surface area contributed by atoms with Crippen molar-refractivity contribution < 1.29 is 21.6 Å². The third-order valence-electron chi connectivity index (χ3n) is 4.83. The van der Waals surface area contributed by atoms with E-state index in [2.05, 4.69) is 9.97 Å². The first-order valence-corrected chi connectivity index (χ1v) is 11.3. The zero-order chi connectivity index (χ0) is 23.1. The van der Waals surface area contributed by atoms with Gasteiger partial charge in [-0.25, -0.2) is 18.4 Å². The molecule has 0 saturated carbocycles. The molecule has 164 valence electrons. The molecule has 0 spiro atoms. The van der Waals surface area contributed by atoms with Crippen molar-refractivity contribution in [3.05, 3.63) is 88.5 Å². The van der Waals surface area contributed by atoms with Crippen molar-refractivity contribution >= 4 is 20.6 Å². The standard InChI is InChI=1S/C22H16F3N3O3S/c1-32(30,31)21-26-18(11-19(27-21)22(23,24)25)16-9-10-20(29)28(13-16)12-15-7-4-6-14-5-2-3-8-17(14)15/h2-11,13H,12H2,1H3. The van der Waals surface area contributed by atoms with Gasteiger partial charge in [0.15, 0.2) is 0 Å². The lowest BCUT2D eigenvalue weighted by Crippen LogP contribution is -2.19. The SMILES string of the molecule is CS(=O)(=O)c1nc(-c2ccc(=O)n(Cc3cccc4ccccc34)c2)cc(C(F)(F)F)n1. The van der Waals surface area contributed by atoms with Gasteiger partial charge in [0.25, 0.3) is 5.56 Å². The van der Waals surface area contributed by atoms with Gasteiger partial charge < -0.3 is 4.57 Å². The lowest BCUT2D eigenvalue weighted by atomic mass is 10.0. The number of hydrogen-bond acceptors (Lipinski definition) is 5. The first kappa shape index (κ1) is 21.7. The third kappa shape index (κ3) is 4.40. The number of alkyl halides is 3. The summed E-state index contributed by atoms with van der Waals surface area (Å²) in [4.78, 5) is 19.4. The number of pyridine rings is 1. The number of fused-ring (bicyclic) bond motifs is 1. The molecule has 2 aromatic heterocycles. The highest BCUT2D eigenvalue weighted by molar-refractivity contribution is 7.90. The Morgan fingerprint density at radius 2 is 1.69 bits per heavy atom. The monoisotopic (exact) mass is 459 g/mol. The highest BCUT2D eigenvalue weighted by Crippen LogP contribution is 2.31. The predicted molar refractivity (Wildman–Crippen MR) is 113 cm³/mol. The van der Waals surface area contributed by atoms with E-state index in [0.717, 1.165) is 22.6 Å². The Morgan fingerprint density at radius 1 is 0.969 bits per heavy atom. The molecule has 0 atom stereocenters. The second kappa shape index (κ2) is 7.86. The van der Waals surface area contributed by atoms with E-state index in [9.17, 15) is 26.4 Å². The fraction of sp³-hybridized carbons (Fsp3) is 0.136. The summed E-state index contributed by atoms with van der Waals surface area (Å²) in [6, 6.07) is 16.4. The molecule has 10 heteroatoms. The number of aromatic nitrogens is 3. The first-order valence-electron chi connectivity index (χ1n) is 9.36. The molecule has 0 bridgehead atoms. The number of nitrogens with zero attached hydrogens (tertiary/aromatic N) is 3. The molecule has 2 aromatic carbocycles. The van der Waals surface area contributed by atoms with E-state index in [4.69, 9.17) is 0 Å². The van der Waals surface area contributed by atoms with E-state index in [1.165, 1.54) is 22.9 Å². The van der Waals surface area contributed by atoms with E-state index < -0.39 is 26.9 Å². The van der Waals surface area contributed by atoms with Crippen LogP contribution in [0.1, 0.15) is 11.3 Å². The van der Waals surface area contributed by atoms with E-state index in [1.54, 1.807) is 0 Å². The Labute approximate surface area is 180 Å². The van der Waals surface area contributed by atoms with Crippen LogP contribution in [0.15, 0.2) is 76.8 Å². The number of rotatable bonds is 4. The van der Waals surface area contributed by atoms with Gasteiger partial charge in [-0.1, -0.05) is 42.5 Å². The largest absolute Gasteiger partial charge is 0.433 e. The molecule has 2 heterocycles. The molecule has 0 saturated heterocycles. The zero-order valence-electron chi connectivity index (χ0n) is 16.7. The maximum atomic E-state index is 13.3. The Hall–Kier alpha value is -3.53. The lowest BCUT2D eigenvalue weighted by Gasteiger charge is -2.12. The topological polar surface area (TPSA) is 81.9 Å².